The maximum atomic E-state index is 11.5. The van der Waals surface area contributed by atoms with Gasteiger partial charge in [0, 0.05) is 71.1 Å². The van der Waals surface area contributed by atoms with Crippen molar-refractivity contribution in [2.75, 3.05) is 66.1 Å². The molecular weight excluding hydrogens is 1360 g/mol. The van der Waals surface area contributed by atoms with Crippen LogP contribution in [-0.4, -0.2) is 163 Å². The molecule has 0 aromatic carbocycles. The maximum absolute atomic E-state index is 11.5. The molecule has 0 rings (SSSR count). The van der Waals surface area contributed by atoms with Crippen LogP contribution in [0.3, 0.4) is 0 Å². The Morgan fingerprint density at radius 1 is 0.289 bits per heavy atom. The monoisotopic (exact) mass is 1440 g/mol. The average Bonchev–Trinajstić information content (AvgIpc) is 2.99. The van der Waals surface area contributed by atoms with Crippen molar-refractivity contribution < 1.29 is 166 Å². The highest BCUT2D eigenvalue weighted by molar-refractivity contribution is 5.88. The lowest BCUT2D eigenvalue weighted by Crippen LogP contribution is -2.14. The molecule has 97 heavy (non-hydrogen) atoms. The van der Waals surface area contributed by atoms with Crippen molar-refractivity contribution in [2.24, 2.45) is 0 Å². The molecule has 0 saturated carbocycles. The van der Waals surface area contributed by atoms with Crippen LogP contribution in [0.15, 0.2) is 124 Å². The number of esters is 10. The van der Waals surface area contributed by atoms with Gasteiger partial charge in [-0.25, -0.2) is 65.5 Å². The van der Waals surface area contributed by atoms with E-state index in [2.05, 4.69) is 113 Å². The first-order chi connectivity index (χ1) is 44.2. The quantitative estimate of drug-likeness (QED) is 0.0305. The van der Waals surface area contributed by atoms with Crippen LogP contribution in [0, 0.1) is 0 Å². The first-order valence-corrected chi connectivity index (χ1v) is 27.2. The van der Waals surface area contributed by atoms with Gasteiger partial charge in [-0.2, -0.15) is 52.7 Å². The van der Waals surface area contributed by atoms with Gasteiger partial charge in [0.25, 0.3) is 0 Å². The second kappa shape index (κ2) is 68.4. The summed E-state index contributed by atoms with van der Waals surface area (Å²) >= 11 is 0. The van der Waals surface area contributed by atoms with Gasteiger partial charge in [-0.15, -0.1) is 0 Å². The summed E-state index contributed by atoms with van der Waals surface area (Å²) in [5, 5.41) is 0. The summed E-state index contributed by atoms with van der Waals surface area (Å²) in [5.74, 6) is -5.89. The minimum atomic E-state index is -4.28. The molecule has 0 fully saturated rings. The van der Waals surface area contributed by atoms with E-state index < -0.39 is 138 Å². The van der Waals surface area contributed by atoms with Crippen LogP contribution in [0.25, 0.3) is 0 Å². The van der Waals surface area contributed by atoms with Crippen molar-refractivity contribution in [3.8, 4) is 0 Å². The molecule has 562 valence electrons. The Kier molecular flexibility index (Phi) is 77.1. The molecule has 20 nitrogen and oxygen atoms in total. The molecule has 0 heterocycles. The number of carbonyl (C=O) groups is 10. The fourth-order valence-corrected chi connectivity index (χ4v) is 3.00. The lowest BCUT2D eigenvalue weighted by molar-refractivity contribution is -0.157. The van der Waals surface area contributed by atoms with Gasteiger partial charge < -0.3 is 47.4 Å². The Hall–Kier alpha value is -9.02. The lowest BCUT2D eigenvalue weighted by atomic mass is 10.3. The van der Waals surface area contributed by atoms with Crippen LogP contribution in [-0.2, 0) is 95.3 Å². The van der Waals surface area contributed by atoms with E-state index in [1.54, 1.807) is 41.5 Å². The average molecular weight is 1440 g/mol. The van der Waals surface area contributed by atoms with Crippen molar-refractivity contribution in [1.82, 2.24) is 0 Å². The van der Waals surface area contributed by atoms with E-state index in [0.717, 1.165) is 30.4 Å². The maximum Gasteiger partial charge on any atom is 0.392 e. The number of ether oxygens (including phenoxy) is 10. The van der Waals surface area contributed by atoms with Crippen LogP contribution in [0.2, 0.25) is 0 Å². The molecular formula is C61H86F16O20. The number of carbonyl (C=O) groups excluding carboxylic acids is 10. The summed E-state index contributed by atoms with van der Waals surface area (Å²) in [4.78, 5) is 103. The lowest BCUT2D eigenvalue weighted by Gasteiger charge is -2.06. The standard InChI is InChI=1S/2C7H9F3O2.C7H10F2O2.2C6H7F3O2.C6H8F2O2.2C6H10O2.2C5H8O2/c2*1-5(2)6(11)12-4-3-7(8,9)10;1-5(2)7(10)11-4-3-6(8)9;2*1-2-5(10)11-4-3-6(7,8)9;1-2-6(9)10-4-3-5(7)8;2*1-4-8-6(7)5(2)3;2*1-3-5(6)7-4-2/h2*1,3-4H2,2H3;6H,1,3-4H2,2H3;2*2H,1,3-4H2;2,5H,1,3-4H2;2*2,4H2,1,3H3;2*3H,1,4H2,2H3. The fraction of sp³-hybridized carbons (Fsp3) is 0.508. The topological polar surface area (TPSA) is 263 Å². The number of alkyl halides is 16. The summed E-state index contributed by atoms with van der Waals surface area (Å²) in [6.07, 6.45) is -22.4. The van der Waals surface area contributed by atoms with Crippen molar-refractivity contribution in [3.05, 3.63) is 124 Å². The van der Waals surface area contributed by atoms with Gasteiger partial charge in [0.05, 0.1) is 65.3 Å². The van der Waals surface area contributed by atoms with Gasteiger partial charge in [-0.05, 0) is 62.3 Å². The molecule has 0 aromatic rings. The van der Waals surface area contributed by atoms with E-state index in [0.29, 0.717) is 37.6 Å². The predicted octanol–water partition coefficient (Wildman–Crippen LogP) is 14.3. The van der Waals surface area contributed by atoms with Gasteiger partial charge in [0.15, 0.2) is 0 Å². The van der Waals surface area contributed by atoms with Crippen molar-refractivity contribution in [1.29, 1.82) is 0 Å². The van der Waals surface area contributed by atoms with Crippen LogP contribution < -0.4 is 0 Å². The van der Waals surface area contributed by atoms with Crippen LogP contribution >= 0.6 is 0 Å². The Labute approximate surface area is 552 Å². The molecule has 0 N–H and O–H groups in total. The van der Waals surface area contributed by atoms with Gasteiger partial charge in [0.2, 0.25) is 12.9 Å². The number of hydrogen-bond donors (Lipinski definition) is 0. The zero-order valence-electron chi connectivity index (χ0n) is 55.1. The summed E-state index contributed by atoms with van der Waals surface area (Å²) in [7, 11) is 0. The zero-order valence-corrected chi connectivity index (χ0v) is 55.1. The molecule has 0 aliphatic carbocycles. The van der Waals surface area contributed by atoms with Crippen molar-refractivity contribution >= 4 is 59.7 Å². The first kappa shape index (κ1) is 109. The van der Waals surface area contributed by atoms with E-state index in [4.69, 9.17) is 0 Å². The largest absolute Gasteiger partial charge is 0.463 e. The van der Waals surface area contributed by atoms with Gasteiger partial charge in [-0.3, -0.25) is 0 Å². The molecule has 36 heteroatoms. The molecule has 0 aromatic heterocycles. The number of halogens is 16. The van der Waals surface area contributed by atoms with Gasteiger partial charge >= 0.3 is 84.4 Å². The molecule has 0 aliphatic rings. The van der Waals surface area contributed by atoms with E-state index in [-0.39, 0.29) is 53.8 Å². The third-order valence-corrected chi connectivity index (χ3v) is 7.35. The minimum Gasteiger partial charge on any atom is -0.463 e. The predicted molar refractivity (Wildman–Crippen MR) is 321 cm³/mol. The Morgan fingerprint density at radius 3 is 0.588 bits per heavy atom. The smallest absolute Gasteiger partial charge is 0.392 e. The molecule has 0 saturated heterocycles. The number of rotatable bonds is 28. The molecule has 0 spiro atoms. The highest BCUT2D eigenvalue weighted by Crippen LogP contribution is 2.21. The van der Waals surface area contributed by atoms with Crippen LogP contribution in [0.1, 0.15) is 101 Å². The number of hydrogen-bond acceptors (Lipinski definition) is 20. The second-order valence-corrected chi connectivity index (χ2v) is 16.6. The van der Waals surface area contributed by atoms with E-state index in [1.165, 1.54) is 20.8 Å². The molecule has 0 radical (unpaired) electrons. The normalized spacial score (nSPS) is 9.72. The molecule has 0 aliphatic heterocycles. The summed E-state index contributed by atoms with van der Waals surface area (Å²) in [6, 6.07) is 0. The Balaban J connectivity index is -0.000000109. The van der Waals surface area contributed by atoms with E-state index in [9.17, 15) is 118 Å². The van der Waals surface area contributed by atoms with Crippen molar-refractivity contribution in [3.63, 3.8) is 0 Å². The highest BCUT2D eigenvalue weighted by atomic mass is 19.4. The minimum absolute atomic E-state index is 0.0946. The van der Waals surface area contributed by atoms with E-state index in [1.807, 2.05) is 0 Å². The molecule has 0 bridgehead atoms. The highest BCUT2D eigenvalue weighted by Gasteiger charge is 2.29. The van der Waals surface area contributed by atoms with Crippen molar-refractivity contribution in [2.45, 2.75) is 138 Å². The second-order valence-electron chi connectivity index (χ2n) is 16.6. The molecule has 0 amide bonds. The Bertz CT molecular complexity index is 2250. The third kappa shape index (κ3) is 118. The van der Waals surface area contributed by atoms with Gasteiger partial charge in [-0.1, -0.05) is 65.8 Å². The third-order valence-electron chi connectivity index (χ3n) is 7.35. The van der Waals surface area contributed by atoms with E-state index >= 15 is 0 Å². The summed E-state index contributed by atoms with van der Waals surface area (Å²) in [6.45, 7) is 45.2. The first-order valence-electron chi connectivity index (χ1n) is 27.2. The van der Waals surface area contributed by atoms with Crippen LogP contribution in [0.4, 0.5) is 70.2 Å². The van der Waals surface area contributed by atoms with Crippen LogP contribution in [0.5, 0.6) is 0 Å². The zero-order chi connectivity index (χ0) is 78.7. The summed E-state index contributed by atoms with van der Waals surface area (Å²) < 4.78 is 226. The molecule has 0 unspecified atom stereocenters. The molecule has 0 atom stereocenters. The van der Waals surface area contributed by atoms with Gasteiger partial charge in [0.1, 0.15) is 26.4 Å². The fourth-order valence-electron chi connectivity index (χ4n) is 3.00. The Morgan fingerprint density at radius 2 is 0.443 bits per heavy atom. The summed E-state index contributed by atoms with van der Waals surface area (Å²) in [5.41, 5.74) is 1.31. The SMILES string of the molecule is C=C(C)C(=O)OCC.C=C(C)C(=O)OCC.C=C(C)C(=O)OCCC(F)(F)F.C=C(C)C(=O)OCCC(F)(F)F.C=C(C)C(=O)OCCC(F)F.C=CC(=O)OCC.C=CC(=O)OCC.C=CC(=O)OCCC(F)(F)F.C=CC(=O)OCCC(F)(F)F.C=CC(=O)OCCC(F)F.